The molecule has 158 valence electrons. The molecule has 4 rings (SSSR count). The maximum atomic E-state index is 13.2. The highest BCUT2D eigenvalue weighted by atomic mass is 35.5. The first-order valence-electron chi connectivity index (χ1n) is 10.3. The second-order valence-corrected chi connectivity index (χ2v) is 8.16. The third-order valence-electron chi connectivity index (χ3n) is 5.79. The van der Waals surface area contributed by atoms with Crippen LogP contribution in [0.4, 0.5) is 4.39 Å². The number of hydrogen-bond donors (Lipinski definition) is 1. The summed E-state index contributed by atoms with van der Waals surface area (Å²) in [6.45, 7) is 5.31. The quantitative estimate of drug-likeness (QED) is 0.392. The molecule has 0 saturated carbocycles. The number of halogens is 2. The van der Waals surface area contributed by atoms with Crippen LogP contribution in [0, 0.1) is 19.7 Å². The number of amides is 1. The van der Waals surface area contributed by atoms with Crippen LogP contribution < -0.4 is 5.32 Å². The number of rotatable bonds is 6. The molecule has 5 heteroatoms. The van der Waals surface area contributed by atoms with Crippen molar-refractivity contribution in [2.45, 2.75) is 26.8 Å². The lowest BCUT2D eigenvalue weighted by atomic mass is 10.1. The minimum Gasteiger partial charge on any atom is -0.352 e. The Morgan fingerprint density at radius 2 is 1.77 bits per heavy atom. The molecule has 0 bridgehead atoms. The molecule has 1 aromatic heterocycles. The summed E-state index contributed by atoms with van der Waals surface area (Å²) in [5.41, 5.74) is 6.02. The average Bonchev–Trinajstić information content (AvgIpc) is 3.01. The Kier molecular flexibility index (Phi) is 6.10. The van der Waals surface area contributed by atoms with Gasteiger partial charge < -0.3 is 9.88 Å². The number of benzene rings is 3. The molecule has 0 atom stereocenters. The molecule has 0 radical (unpaired) electrons. The summed E-state index contributed by atoms with van der Waals surface area (Å²) in [6.07, 6.45) is 0.680. The second-order valence-electron chi connectivity index (χ2n) is 7.75. The second kappa shape index (κ2) is 8.94. The summed E-state index contributed by atoms with van der Waals surface area (Å²) in [7, 11) is 0. The van der Waals surface area contributed by atoms with E-state index in [9.17, 15) is 9.18 Å². The van der Waals surface area contributed by atoms with Gasteiger partial charge in [0.15, 0.2) is 0 Å². The van der Waals surface area contributed by atoms with Gasteiger partial charge in [0.05, 0.1) is 0 Å². The van der Waals surface area contributed by atoms with Crippen molar-refractivity contribution < 1.29 is 9.18 Å². The highest BCUT2D eigenvalue weighted by Gasteiger charge is 2.14. The first-order chi connectivity index (χ1) is 14.9. The highest BCUT2D eigenvalue weighted by Crippen LogP contribution is 2.27. The average molecular weight is 435 g/mol. The van der Waals surface area contributed by atoms with Crippen LogP contribution in [0.3, 0.4) is 0 Å². The van der Waals surface area contributed by atoms with E-state index in [4.69, 9.17) is 11.6 Å². The summed E-state index contributed by atoms with van der Waals surface area (Å²) < 4.78 is 15.4. The van der Waals surface area contributed by atoms with Crippen molar-refractivity contribution in [3.8, 4) is 0 Å². The van der Waals surface area contributed by atoms with Crippen LogP contribution in [0.2, 0.25) is 5.02 Å². The third kappa shape index (κ3) is 4.49. The Bertz CT molecular complexity index is 1240. The topological polar surface area (TPSA) is 34.0 Å². The summed E-state index contributed by atoms with van der Waals surface area (Å²) in [5.74, 6) is -0.337. The van der Waals surface area contributed by atoms with Crippen LogP contribution in [0.15, 0.2) is 66.7 Å². The molecule has 4 aromatic rings. The molecule has 0 spiro atoms. The Morgan fingerprint density at radius 1 is 1.03 bits per heavy atom. The van der Waals surface area contributed by atoms with Gasteiger partial charge in [-0.2, -0.15) is 0 Å². The van der Waals surface area contributed by atoms with Crippen LogP contribution in [-0.4, -0.2) is 17.0 Å². The number of carbonyl (C=O) groups is 1. The minimum absolute atomic E-state index is 0.0997. The predicted octanol–water partition coefficient (Wildman–Crippen LogP) is 6.07. The zero-order valence-corrected chi connectivity index (χ0v) is 18.3. The van der Waals surface area contributed by atoms with Crippen molar-refractivity contribution in [1.29, 1.82) is 0 Å². The standard InChI is InChI=1S/C26H24ClFN2O/c1-17-18(2)30(16-19-7-10-22(28)11-8-19)25-12-9-21(15-23(17)25)26(31)29-14-13-20-5-3-4-6-24(20)27/h3-12,15H,13-14,16H2,1-2H3,(H,29,31). The first kappa shape index (κ1) is 21.1. The van der Waals surface area contributed by atoms with Crippen molar-refractivity contribution in [3.05, 3.63) is 106 Å². The molecule has 0 aliphatic carbocycles. The largest absolute Gasteiger partial charge is 0.352 e. The molecule has 0 aliphatic rings. The molecule has 1 heterocycles. The van der Waals surface area contributed by atoms with E-state index in [1.807, 2.05) is 42.5 Å². The van der Waals surface area contributed by atoms with Crippen molar-refractivity contribution in [3.63, 3.8) is 0 Å². The van der Waals surface area contributed by atoms with E-state index < -0.39 is 0 Å². The predicted molar refractivity (Wildman–Crippen MR) is 124 cm³/mol. The number of carbonyl (C=O) groups excluding carboxylic acids is 1. The van der Waals surface area contributed by atoms with Gasteiger partial charge in [-0.25, -0.2) is 4.39 Å². The van der Waals surface area contributed by atoms with Crippen molar-refractivity contribution in [2.24, 2.45) is 0 Å². The van der Waals surface area contributed by atoms with Crippen LogP contribution in [-0.2, 0) is 13.0 Å². The molecular formula is C26H24ClFN2O. The SMILES string of the molecule is Cc1c(C)n(Cc2ccc(F)cc2)c2ccc(C(=O)NCCc3ccccc3Cl)cc12. The van der Waals surface area contributed by atoms with Crippen molar-refractivity contribution in [2.75, 3.05) is 6.54 Å². The smallest absolute Gasteiger partial charge is 0.251 e. The van der Waals surface area contributed by atoms with Gasteiger partial charge in [0.25, 0.3) is 5.91 Å². The maximum absolute atomic E-state index is 13.2. The van der Waals surface area contributed by atoms with Crippen LogP contribution >= 0.6 is 11.6 Å². The fraction of sp³-hybridized carbons (Fsp3) is 0.192. The molecule has 0 aliphatic heterocycles. The summed E-state index contributed by atoms with van der Waals surface area (Å²) in [5, 5.41) is 4.75. The lowest BCUT2D eigenvalue weighted by Gasteiger charge is -2.10. The molecular weight excluding hydrogens is 411 g/mol. The molecule has 3 nitrogen and oxygen atoms in total. The van der Waals surface area contributed by atoms with E-state index in [1.165, 1.54) is 12.1 Å². The first-order valence-corrected chi connectivity index (χ1v) is 10.7. The molecule has 1 N–H and O–H groups in total. The number of aryl methyl sites for hydroxylation is 1. The van der Waals surface area contributed by atoms with Gasteiger partial charge in [-0.3, -0.25) is 4.79 Å². The molecule has 0 unspecified atom stereocenters. The third-order valence-corrected chi connectivity index (χ3v) is 6.16. The number of fused-ring (bicyclic) bond motifs is 1. The van der Waals surface area contributed by atoms with Gasteiger partial charge in [0, 0.05) is 40.3 Å². The summed E-state index contributed by atoms with van der Waals surface area (Å²) >= 11 is 6.19. The van der Waals surface area contributed by atoms with Crippen LogP contribution in [0.5, 0.6) is 0 Å². The summed E-state index contributed by atoms with van der Waals surface area (Å²) in [6, 6.07) is 20.0. The molecule has 0 fully saturated rings. The number of aromatic nitrogens is 1. The van der Waals surface area contributed by atoms with E-state index in [2.05, 4.69) is 23.7 Å². The van der Waals surface area contributed by atoms with Gasteiger partial charge >= 0.3 is 0 Å². The molecule has 31 heavy (non-hydrogen) atoms. The number of nitrogens with zero attached hydrogens (tertiary/aromatic N) is 1. The molecule has 0 saturated heterocycles. The Hall–Kier alpha value is -3.11. The Morgan fingerprint density at radius 3 is 2.52 bits per heavy atom. The zero-order chi connectivity index (χ0) is 22.0. The van der Waals surface area contributed by atoms with Crippen LogP contribution in [0.1, 0.15) is 32.7 Å². The molecule has 1 amide bonds. The normalized spacial score (nSPS) is 11.1. The van der Waals surface area contributed by atoms with E-state index in [0.717, 1.165) is 33.3 Å². The maximum Gasteiger partial charge on any atom is 0.251 e. The summed E-state index contributed by atoms with van der Waals surface area (Å²) in [4.78, 5) is 12.7. The fourth-order valence-electron chi connectivity index (χ4n) is 3.88. The van der Waals surface area contributed by atoms with E-state index >= 15 is 0 Å². The van der Waals surface area contributed by atoms with E-state index in [-0.39, 0.29) is 11.7 Å². The number of nitrogens with one attached hydrogen (secondary N) is 1. The highest BCUT2D eigenvalue weighted by molar-refractivity contribution is 6.31. The van der Waals surface area contributed by atoms with E-state index in [1.54, 1.807) is 12.1 Å². The fourth-order valence-corrected chi connectivity index (χ4v) is 4.11. The van der Waals surface area contributed by atoms with Gasteiger partial charge in [-0.05, 0) is 73.4 Å². The number of hydrogen-bond acceptors (Lipinski definition) is 1. The lowest BCUT2D eigenvalue weighted by Crippen LogP contribution is -2.25. The zero-order valence-electron chi connectivity index (χ0n) is 17.6. The Balaban J connectivity index is 1.52. The van der Waals surface area contributed by atoms with E-state index in [0.29, 0.717) is 30.1 Å². The van der Waals surface area contributed by atoms with Gasteiger partial charge in [0.2, 0.25) is 0 Å². The molecule has 3 aromatic carbocycles. The van der Waals surface area contributed by atoms with Gasteiger partial charge in [-0.1, -0.05) is 41.9 Å². The minimum atomic E-state index is -0.237. The lowest BCUT2D eigenvalue weighted by molar-refractivity contribution is 0.0954. The van der Waals surface area contributed by atoms with Crippen molar-refractivity contribution in [1.82, 2.24) is 9.88 Å². The monoisotopic (exact) mass is 434 g/mol. The van der Waals surface area contributed by atoms with Gasteiger partial charge in [0.1, 0.15) is 5.82 Å². The van der Waals surface area contributed by atoms with Crippen LogP contribution in [0.25, 0.3) is 10.9 Å². The van der Waals surface area contributed by atoms with Gasteiger partial charge in [-0.15, -0.1) is 0 Å². The Labute approximate surface area is 186 Å². The van der Waals surface area contributed by atoms with Crippen molar-refractivity contribution >= 4 is 28.4 Å².